The van der Waals surface area contributed by atoms with Crippen molar-refractivity contribution in [2.45, 2.75) is 0 Å². The fraction of sp³-hybridized carbons (Fsp3) is 0.200. The van der Waals surface area contributed by atoms with E-state index in [1.165, 1.54) is 0 Å². The van der Waals surface area contributed by atoms with Gasteiger partial charge in [0, 0.05) is 39.6 Å². The summed E-state index contributed by atoms with van der Waals surface area (Å²) < 4.78 is 0. The first-order chi connectivity index (χ1) is 13.4. The molecule has 0 aliphatic heterocycles. The molecule has 0 aliphatic rings. The van der Waals surface area contributed by atoms with E-state index in [-0.39, 0.29) is 11.7 Å². The van der Waals surface area contributed by atoms with E-state index in [4.69, 9.17) is 11.5 Å². The normalized spacial score (nSPS) is 12.7. The zero-order chi connectivity index (χ0) is 20.5. The van der Waals surface area contributed by atoms with Gasteiger partial charge in [-0.3, -0.25) is 0 Å². The van der Waals surface area contributed by atoms with Gasteiger partial charge in [-0.2, -0.15) is 10.2 Å². The third-order valence-corrected chi connectivity index (χ3v) is 3.83. The Balaban J connectivity index is 1.97. The summed E-state index contributed by atoms with van der Waals surface area (Å²) in [6, 6.07) is 15.7. The van der Waals surface area contributed by atoms with Crippen molar-refractivity contribution in [1.29, 1.82) is 0 Å². The molecule has 8 nitrogen and oxygen atoms in total. The van der Waals surface area contributed by atoms with Crippen molar-refractivity contribution in [3.63, 3.8) is 0 Å². The molecule has 0 aromatic heterocycles. The first-order valence-corrected chi connectivity index (χ1v) is 8.65. The second-order valence-corrected chi connectivity index (χ2v) is 6.43. The molecule has 0 atom stereocenters. The van der Waals surface area contributed by atoms with Gasteiger partial charge in [0.1, 0.15) is 0 Å². The summed E-state index contributed by atoms with van der Waals surface area (Å²) in [6.45, 7) is 0. The number of rotatable bonds is 6. The molecule has 2 rings (SSSR count). The Labute approximate surface area is 165 Å². The lowest BCUT2D eigenvalue weighted by Crippen LogP contribution is -2.30. The molecule has 0 fully saturated rings. The van der Waals surface area contributed by atoms with Gasteiger partial charge in [0.05, 0.1) is 12.4 Å². The molecule has 0 spiro atoms. The van der Waals surface area contributed by atoms with E-state index < -0.39 is 0 Å². The third kappa shape index (κ3) is 6.24. The molecule has 146 valence electrons. The molecule has 0 unspecified atom stereocenters. The second kappa shape index (κ2) is 9.86. The Kier molecular flexibility index (Phi) is 7.27. The number of hydrogen-bond acceptors (Lipinski definition) is 6. The van der Waals surface area contributed by atoms with Crippen molar-refractivity contribution in [2.75, 3.05) is 38.0 Å². The summed E-state index contributed by atoms with van der Waals surface area (Å²) in [6.07, 6.45) is 3.18. The van der Waals surface area contributed by atoms with E-state index in [0.29, 0.717) is 0 Å². The van der Waals surface area contributed by atoms with Gasteiger partial charge < -0.3 is 21.3 Å². The van der Waals surface area contributed by atoms with E-state index in [1.54, 1.807) is 12.4 Å². The van der Waals surface area contributed by atoms with Gasteiger partial charge in [-0.1, -0.05) is 24.3 Å². The van der Waals surface area contributed by atoms with Crippen LogP contribution in [-0.2, 0) is 0 Å². The van der Waals surface area contributed by atoms with Gasteiger partial charge >= 0.3 is 0 Å². The van der Waals surface area contributed by atoms with Crippen LogP contribution >= 0.6 is 0 Å². The molecular weight excluding hydrogens is 352 g/mol. The molecule has 0 heterocycles. The summed E-state index contributed by atoms with van der Waals surface area (Å²) in [4.78, 5) is 4.04. The summed E-state index contributed by atoms with van der Waals surface area (Å²) in [5, 5.41) is 15.6. The summed E-state index contributed by atoms with van der Waals surface area (Å²) in [7, 11) is 7.93. The van der Waals surface area contributed by atoms with E-state index in [1.807, 2.05) is 86.5 Å². The predicted octanol–water partition coefficient (Wildman–Crippen LogP) is 1.90. The largest absolute Gasteiger partial charge is 0.379 e. The predicted molar refractivity (Wildman–Crippen MR) is 120 cm³/mol. The van der Waals surface area contributed by atoms with Gasteiger partial charge in [0.25, 0.3) is 0 Å². The average molecular weight is 378 g/mol. The average Bonchev–Trinajstić information content (AvgIpc) is 2.68. The molecule has 0 aliphatic carbocycles. The van der Waals surface area contributed by atoms with Crippen molar-refractivity contribution in [3.05, 3.63) is 59.7 Å². The number of amidine groups is 2. The second-order valence-electron chi connectivity index (χ2n) is 6.43. The highest BCUT2D eigenvalue weighted by atomic mass is 15.3. The number of nitrogens with two attached hydrogens (primary N) is 2. The molecule has 0 bridgehead atoms. The van der Waals surface area contributed by atoms with Crippen LogP contribution in [0.5, 0.6) is 0 Å². The first kappa shape index (κ1) is 20.6. The Bertz CT molecular complexity index is 800. The number of nitrogens with zero attached hydrogens (tertiary/aromatic N) is 6. The van der Waals surface area contributed by atoms with E-state index in [2.05, 4.69) is 20.4 Å². The van der Waals surface area contributed by atoms with E-state index in [9.17, 15) is 0 Å². The monoisotopic (exact) mass is 378 g/mol. The number of hydrogen-bond donors (Lipinski definition) is 2. The summed E-state index contributed by atoms with van der Waals surface area (Å²) in [5.74, 6) is 0.00235. The zero-order valence-corrected chi connectivity index (χ0v) is 16.6. The maximum atomic E-state index is 5.77. The third-order valence-electron chi connectivity index (χ3n) is 3.83. The van der Waals surface area contributed by atoms with Gasteiger partial charge in [0.2, 0.25) is 0 Å². The molecular formula is C20H26N8. The van der Waals surface area contributed by atoms with Crippen LogP contribution < -0.4 is 21.3 Å². The van der Waals surface area contributed by atoms with Gasteiger partial charge in [-0.05, 0) is 35.4 Å². The van der Waals surface area contributed by atoms with Crippen LogP contribution in [0.2, 0.25) is 0 Å². The van der Waals surface area contributed by atoms with Gasteiger partial charge in [0.15, 0.2) is 11.7 Å². The highest BCUT2D eigenvalue weighted by Crippen LogP contribution is 2.11. The topological polar surface area (TPSA) is 108 Å². The van der Waals surface area contributed by atoms with Gasteiger partial charge in [-0.15, -0.1) is 10.2 Å². The Hall–Kier alpha value is -3.68. The lowest BCUT2D eigenvalue weighted by molar-refractivity contribution is 1.13. The molecule has 4 N–H and O–H groups in total. The van der Waals surface area contributed by atoms with Crippen LogP contribution in [0.4, 0.5) is 11.4 Å². The molecule has 2 aromatic rings. The minimum absolute atomic E-state index is 0.00117. The van der Waals surface area contributed by atoms with E-state index >= 15 is 0 Å². The smallest absolute Gasteiger partial charge is 0.190 e. The zero-order valence-electron chi connectivity index (χ0n) is 16.6. The van der Waals surface area contributed by atoms with Crippen LogP contribution in [0.25, 0.3) is 0 Å². The van der Waals surface area contributed by atoms with Crippen molar-refractivity contribution in [2.24, 2.45) is 31.9 Å². The number of anilines is 2. The van der Waals surface area contributed by atoms with Crippen molar-refractivity contribution < 1.29 is 0 Å². The van der Waals surface area contributed by atoms with Crippen LogP contribution in [0.15, 0.2) is 68.9 Å². The molecule has 0 amide bonds. The summed E-state index contributed by atoms with van der Waals surface area (Å²) >= 11 is 0. The van der Waals surface area contributed by atoms with Crippen molar-refractivity contribution in [3.8, 4) is 0 Å². The maximum Gasteiger partial charge on any atom is 0.190 e. The van der Waals surface area contributed by atoms with Crippen molar-refractivity contribution in [1.82, 2.24) is 0 Å². The molecule has 8 heteroatoms. The lowest BCUT2D eigenvalue weighted by atomic mass is 10.2. The number of benzene rings is 2. The molecule has 0 saturated heterocycles. The fourth-order valence-corrected chi connectivity index (χ4v) is 2.13. The fourth-order valence-electron chi connectivity index (χ4n) is 2.13. The molecule has 0 saturated carbocycles. The highest BCUT2D eigenvalue weighted by Gasteiger charge is 1.98. The van der Waals surface area contributed by atoms with Crippen molar-refractivity contribution >= 4 is 35.5 Å². The molecule has 0 radical (unpaired) electrons. The van der Waals surface area contributed by atoms with Crippen LogP contribution in [-0.4, -0.2) is 52.3 Å². The lowest BCUT2D eigenvalue weighted by Gasteiger charge is -2.11. The SMILES string of the molecule is CN(C)c1ccc(C=N\N=C(N)/C(N)=N/N=C\c2ccc(N(C)C)cc2)cc1. The van der Waals surface area contributed by atoms with E-state index in [0.717, 1.165) is 22.5 Å². The minimum atomic E-state index is 0.00117. The van der Waals surface area contributed by atoms with Crippen LogP contribution in [0, 0.1) is 0 Å². The Morgan fingerprint density at radius 2 is 0.964 bits per heavy atom. The Morgan fingerprint density at radius 3 is 1.25 bits per heavy atom. The molecule has 28 heavy (non-hydrogen) atoms. The van der Waals surface area contributed by atoms with Gasteiger partial charge in [-0.25, -0.2) is 0 Å². The maximum absolute atomic E-state index is 5.77. The van der Waals surface area contributed by atoms with Crippen LogP contribution in [0.3, 0.4) is 0 Å². The first-order valence-electron chi connectivity index (χ1n) is 8.65. The minimum Gasteiger partial charge on any atom is -0.379 e. The summed E-state index contributed by atoms with van der Waals surface area (Å²) in [5.41, 5.74) is 15.5. The quantitative estimate of drug-likeness (QED) is 0.455. The highest BCUT2D eigenvalue weighted by molar-refractivity contribution is 6.39. The van der Waals surface area contributed by atoms with Crippen LogP contribution in [0.1, 0.15) is 11.1 Å². The molecule has 2 aromatic carbocycles. The Morgan fingerprint density at radius 1 is 0.643 bits per heavy atom. The standard InChI is InChI=1S/C20H26N8/c1-27(2)17-9-5-15(6-10-17)13-23-25-19(21)20(22)26-24-14-16-7-11-18(12-8-16)28(3)4/h5-14H,1-4H3,(H2,21,25)(H2,22,26)/b23-13-,24-14?.